The zero-order valence-electron chi connectivity index (χ0n) is 12.4. The molecule has 1 saturated carbocycles. The van der Waals surface area contributed by atoms with Gasteiger partial charge in [0, 0.05) is 37.5 Å². The molecule has 5 nitrogen and oxygen atoms in total. The topological polar surface area (TPSA) is 57.7 Å². The molecule has 6 heteroatoms. The average Bonchev–Trinajstić information content (AvgIpc) is 3.38. The molecular weight excluding hydrogens is 300 g/mol. The lowest BCUT2D eigenvalue weighted by Gasteiger charge is -2.33. The van der Waals surface area contributed by atoms with Crippen LogP contribution in [0.15, 0.2) is 35.7 Å². The minimum absolute atomic E-state index is 0.192. The predicted molar refractivity (Wildman–Crippen MR) is 85.3 cm³/mol. The van der Waals surface area contributed by atoms with E-state index in [1.807, 2.05) is 30.3 Å². The van der Waals surface area contributed by atoms with E-state index in [0.29, 0.717) is 26.2 Å². The van der Waals surface area contributed by atoms with E-state index in [-0.39, 0.29) is 11.8 Å². The van der Waals surface area contributed by atoms with Crippen molar-refractivity contribution >= 4 is 22.0 Å². The lowest BCUT2D eigenvalue weighted by molar-refractivity contribution is -0.133. The van der Waals surface area contributed by atoms with Crippen molar-refractivity contribution in [1.82, 2.24) is 9.21 Å². The molecule has 0 atom stereocenters. The van der Waals surface area contributed by atoms with Crippen molar-refractivity contribution in [2.75, 3.05) is 26.2 Å². The Kier molecular flexibility index (Phi) is 4.31. The van der Waals surface area contributed by atoms with Crippen LogP contribution in [-0.2, 0) is 14.8 Å². The Bertz CT molecular complexity index is 658. The van der Waals surface area contributed by atoms with Gasteiger partial charge in [0.25, 0.3) is 0 Å². The van der Waals surface area contributed by atoms with Crippen molar-refractivity contribution in [1.29, 1.82) is 0 Å². The molecule has 2 aliphatic rings. The second-order valence-electron chi connectivity index (χ2n) is 5.76. The third kappa shape index (κ3) is 3.56. The van der Waals surface area contributed by atoms with Gasteiger partial charge >= 0.3 is 0 Å². The molecule has 0 aromatic heterocycles. The van der Waals surface area contributed by atoms with Crippen molar-refractivity contribution in [2.45, 2.75) is 12.8 Å². The van der Waals surface area contributed by atoms with Crippen LogP contribution < -0.4 is 0 Å². The smallest absolute Gasteiger partial charge is 0.236 e. The molecule has 3 rings (SSSR count). The van der Waals surface area contributed by atoms with Crippen LogP contribution in [0.1, 0.15) is 18.4 Å². The molecule has 1 aromatic rings. The molecule has 1 aromatic carbocycles. The van der Waals surface area contributed by atoms with Crippen molar-refractivity contribution in [3.8, 4) is 0 Å². The SMILES string of the molecule is O=C(C1CC1)N1CCN(S(=O)(=O)/C=C/c2ccccc2)CC1. The van der Waals surface area contributed by atoms with Crippen molar-refractivity contribution in [2.24, 2.45) is 5.92 Å². The lowest BCUT2D eigenvalue weighted by Crippen LogP contribution is -2.50. The summed E-state index contributed by atoms with van der Waals surface area (Å²) in [4.78, 5) is 13.8. The second kappa shape index (κ2) is 6.22. The molecule has 1 heterocycles. The summed E-state index contributed by atoms with van der Waals surface area (Å²) in [5.74, 6) is 0.387. The van der Waals surface area contributed by atoms with E-state index < -0.39 is 10.0 Å². The van der Waals surface area contributed by atoms with Crippen molar-refractivity contribution in [3.63, 3.8) is 0 Å². The number of carbonyl (C=O) groups is 1. The number of amides is 1. The monoisotopic (exact) mass is 320 g/mol. The Labute approximate surface area is 131 Å². The van der Waals surface area contributed by atoms with Gasteiger partial charge in [0.15, 0.2) is 0 Å². The first-order valence-electron chi connectivity index (χ1n) is 7.58. The van der Waals surface area contributed by atoms with E-state index in [1.54, 1.807) is 11.0 Å². The molecule has 0 unspecified atom stereocenters. The quantitative estimate of drug-likeness (QED) is 0.845. The molecule has 118 valence electrons. The highest BCUT2D eigenvalue weighted by atomic mass is 32.2. The minimum Gasteiger partial charge on any atom is -0.340 e. The number of rotatable bonds is 4. The van der Waals surface area contributed by atoms with Crippen LogP contribution in [0.2, 0.25) is 0 Å². The largest absolute Gasteiger partial charge is 0.340 e. The summed E-state index contributed by atoms with van der Waals surface area (Å²) < 4.78 is 26.1. The summed E-state index contributed by atoms with van der Waals surface area (Å²) in [6.45, 7) is 1.74. The fraction of sp³-hybridized carbons (Fsp3) is 0.438. The zero-order valence-corrected chi connectivity index (χ0v) is 13.2. The third-order valence-electron chi connectivity index (χ3n) is 4.07. The molecule has 1 aliphatic carbocycles. The molecule has 0 radical (unpaired) electrons. The third-order valence-corrected chi connectivity index (χ3v) is 5.63. The molecule has 1 aliphatic heterocycles. The van der Waals surface area contributed by atoms with E-state index in [2.05, 4.69) is 0 Å². The molecule has 1 saturated heterocycles. The average molecular weight is 320 g/mol. The van der Waals surface area contributed by atoms with Crippen molar-refractivity contribution < 1.29 is 13.2 Å². The van der Waals surface area contributed by atoms with E-state index in [0.717, 1.165) is 18.4 Å². The summed E-state index contributed by atoms with van der Waals surface area (Å²) in [5.41, 5.74) is 0.855. The summed E-state index contributed by atoms with van der Waals surface area (Å²) in [7, 11) is -3.42. The zero-order chi connectivity index (χ0) is 15.6. The first-order valence-corrected chi connectivity index (χ1v) is 9.09. The molecular formula is C16H20N2O3S. The number of nitrogens with zero attached hydrogens (tertiary/aromatic N) is 2. The highest BCUT2D eigenvalue weighted by Crippen LogP contribution is 2.31. The van der Waals surface area contributed by atoms with Gasteiger partial charge in [0.1, 0.15) is 0 Å². The molecule has 22 heavy (non-hydrogen) atoms. The highest BCUT2D eigenvalue weighted by molar-refractivity contribution is 7.92. The molecule has 0 N–H and O–H groups in total. The fourth-order valence-corrected chi connectivity index (χ4v) is 3.74. The Balaban J connectivity index is 1.59. The van der Waals surface area contributed by atoms with Crippen molar-refractivity contribution in [3.05, 3.63) is 41.3 Å². The normalized spacial score (nSPS) is 20.5. The summed E-state index contributed by atoms with van der Waals surface area (Å²) in [5, 5.41) is 1.25. The van der Waals surface area contributed by atoms with Gasteiger partial charge in [-0.25, -0.2) is 8.42 Å². The number of piperazine rings is 1. The maximum atomic E-state index is 12.3. The van der Waals surface area contributed by atoms with Gasteiger partial charge in [-0.15, -0.1) is 0 Å². The molecule has 2 fully saturated rings. The number of benzene rings is 1. The molecule has 0 bridgehead atoms. The van der Waals surface area contributed by atoms with Gasteiger partial charge in [-0.05, 0) is 24.5 Å². The second-order valence-corrected chi connectivity index (χ2v) is 7.58. The lowest BCUT2D eigenvalue weighted by atomic mass is 10.2. The van der Waals surface area contributed by atoms with E-state index >= 15 is 0 Å². The Morgan fingerprint density at radius 1 is 1.05 bits per heavy atom. The molecule has 1 amide bonds. The van der Waals surface area contributed by atoms with Gasteiger partial charge in [-0.3, -0.25) is 4.79 Å². The highest BCUT2D eigenvalue weighted by Gasteiger charge is 2.35. The summed E-state index contributed by atoms with van der Waals surface area (Å²) >= 11 is 0. The first kappa shape index (κ1) is 15.2. The standard InChI is InChI=1S/C16H20N2O3S/c19-16(15-6-7-15)17-9-11-18(12-10-17)22(20,21)13-8-14-4-2-1-3-5-14/h1-5,8,13,15H,6-7,9-12H2/b13-8+. The Morgan fingerprint density at radius 3 is 2.27 bits per heavy atom. The van der Waals surface area contributed by atoms with E-state index in [4.69, 9.17) is 0 Å². The van der Waals surface area contributed by atoms with Crippen LogP contribution in [0, 0.1) is 5.92 Å². The predicted octanol–water partition coefficient (Wildman–Crippen LogP) is 1.54. The van der Waals surface area contributed by atoms with E-state index in [1.165, 1.54) is 9.71 Å². The number of carbonyl (C=O) groups excluding carboxylic acids is 1. The van der Waals surface area contributed by atoms with Crippen LogP contribution in [0.25, 0.3) is 6.08 Å². The van der Waals surface area contributed by atoms with Crippen LogP contribution in [0.5, 0.6) is 0 Å². The van der Waals surface area contributed by atoms with Gasteiger partial charge in [-0.1, -0.05) is 30.3 Å². The Morgan fingerprint density at radius 2 is 1.68 bits per heavy atom. The maximum absolute atomic E-state index is 12.3. The van der Waals surface area contributed by atoms with Crippen LogP contribution >= 0.6 is 0 Å². The van der Waals surface area contributed by atoms with E-state index in [9.17, 15) is 13.2 Å². The minimum atomic E-state index is -3.42. The maximum Gasteiger partial charge on any atom is 0.236 e. The summed E-state index contributed by atoms with van der Waals surface area (Å²) in [6, 6.07) is 9.35. The fourth-order valence-electron chi connectivity index (χ4n) is 2.57. The number of sulfonamides is 1. The van der Waals surface area contributed by atoms with Gasteiger partial charge < -0.3 is 4.90 Å². The first-order chi connectivity index (χ1) is 10.6. The van der Waals surface area contributed by atoms with Crippen LogP contribution in [0.3, 0.4) is 0 Å². The van der Waals surface area contributed by atoms with Gasteiger partial charge in [0.05, 0.1) is 0 Å². The van der Waals surface area contributed by atoms with Gasteiger partial charge in [0.2, 0.25) is 15.9 Å². The Hall–Kier alpha value is -1.66. The molecule has 0 spiro atoms. The number of hydrogen-bond acceptors (Lipinski definition) is 3. The van der Waals surface area contributed by atoms with Crippen LogP contribution in [0.4, 0.5) is 0 Å². The number of hydrogen-bond donors (Lipinski definition) is 0. The van der Waals surface area contributed by atoms with Gasteiger partial charge in [-0.2, -0.15) is 4.31 Å². The summed E-state index contributed by atoms with van der Waals surface area (Å²) in [6.07, 6.45) is 3.57. The van der Waals surface area contributed by atoms with Crippen LogP contribution in [-0.4, -0.2) is 49.7 Å².